The fourth-order valence-electron chi connectivity index (χ4n) is 3.66. The Morgan fingerprint density at radius 2 is 1.97 bits per heavy atom. The van der Waals surface area contributed by atoms with E-state index >= 15 is 0 Å². The first-order valence-corrected chi connectivity index (χ1v) is 10.4. The van der Waals surface area contributed by atoms with Crippen LogP contribution in [0.2, 0.25) is 0 Å². The van der Waals surface area contributed by atoms with Gasteiger partial charge in [-0.25, -0.2) is 4.98 Å². The summed E-state index contributed by atoms with van der Waals surface area (Å²) >= 11 is 0. The maximum atomic E-state index is 12.3. The lowest BCUT2D eigenvalue weighted by atomic mass is 10.1. The largest absolute Gasteiger partial charge is 0.491 e. The molecule has 0 aliphatic rings. The Labute approximate surface area is 181 Å². The summed E-state index contributed by atoms with van der Waals surface area (Å²) in [5.74, 6) is 1.70. The SMILES string of the molecule is Cc1ccc(OCCn2c(CCNC(=O)c3cccnc3)nc3ccccc32)c(C)c1. The molecule has 1 N–H and O–H groups in total. The fraction of sp³-hybridized carbons (Fsp3) is 0.240. The molecule has 158 valence electrons. The topological polar surface area (TPSA) is 69.0 Å². The summed E-state index contributed by atoms with van der Waals surface area (Å²) in [5, 5.41) is 2.95. The fourth-order valence-corrected chi connectivity index (χ4v) is 3.66. The number of imidazole rings is 1. The highest BCUT2D eigenvalue weighted by atomic mass is 16.5. The summed E-state index contributed by atoms with van der Waals surface area (Å²) in [6.07, 6.45) is 3.85. The van der Waals surface area contributed by atoms with Gasteiger partial charge in [-0.05, 0) is 49.7 Å². The van der Waals surface area contributed by atoms with Crippen molar-refractivity contribution in [2.75, 3.05) is 13.2 Å². The second kappa shape index (κ2) is 9.43. The minimum absolute atomic E-state index is 0.131. The van der Waals surface area contributed by atoms with Crippen molar-refractivity contribution in [3.8, 4) is 5.75 Å². The molecule has 1 amide bonds. The standard InChI is InChI=1S/C25H26N4O2/c1-18-9-10-23(19(2)16-18)31-15-14-29-22-8-4-3-7-21(22)28-24(29)11-13-27-25(30)20-6-5-12-26-17-20/h3-10,12,16-17H,11,13-15H2,1-2H3,(H,27,30). The van der Waals surface area contributed by atoms with Gasteiger partial charge in [-0.3, -0.25) is 9.78 Å². The number of carbonyl (C=O) groups excluding carboxylic acids is 1. The van der Waals surface area contributed by atoms with E-state index in [0.717, 1.165) is 28.2 Å². The van der Waals surface area contributed by atoms with E-state index in [2.05, 4.69) is 46.9 Å². The van der Waals surface area contributed by atoms with Crippen LogP contribution in [-0.4, -0.2) is 33.6 Å². The van der Waals surface area contributed by atoms with E-state index in [1.54, 1.807) is 24.5 Å². The van der Waals surface area contributed by atoms with Gasteiger partial charge in [0, 0.05) is 25.4 Å². The number of aryl methyl sites for hydroxylation is 2. The molecule has 0 atom stereocenters. The molecular weight excluding hydrogens is 388 g/mol. The minimum Gasteiger partial charge on any atom is -0.491 e. The van der Waals surface area contributed by atoms with Crippen molar-refractivity contribution < 1.29 is 9.53 Å². The Morgan fingerprint density at radius 1 is 1.10 bits per heavy atom. The van der Waals surface area contributed by atoms with E-state index in [0.29, 0.717) is 31.7 Å². The summed E-state index contributed by atoms with van der Waals surface area (Å²) in [6, 6.07) is 17.8. The van der Waals surface area contributed by atoms with Gasteiger partial charge in [0.2, 0.25) is 0 Å². The third-order valence-electron chi connectivity index (χ3n) is 5.19. The third kappa shape index (κ3) is 4.91. The van der Waals surface area contributed by atoms with Gasteiger partial charge in [0.05, 0.1) is 23.1 Å². The van der Waals surface area contributed by atoms with Gasteiger partial charge in [-0.15, -0.1) is 0 Å². The van der Waals surface area contributed by atoms with E-state index in [9.17, 15) is 4.79 Å². The van der Waals surface area contributed by atoms with Crippen LogP contribution >= 0.6 is 0 Å². The predicted octanol–water partition coefficient (Wildman–Crippen LogP) is 4.10. The number of nitrogens with one attached hydrogen (secondary N) is 1. The number of nitrogens with zero attached hydrogens (tertiary/aromatic N) is 3. The minimum atomic E-state index is -0.131. The molecule has 0 bridgehead atoms. The van der Waals surface area contributed by atoms with Crippen molar-refractivity contribution in [3.05, 3.63) is 89.5 Å². The molecule has 0 saturated heterocycles. The molecule has 0 fully saturated rings. The van der Waals surface area contributed by atoms with Crippen molar-refractivity contribution in [1.82, 2.24) is 19.9 Å². The number of hydrogen-bond acceptors (Lipinski definition) is 4. The number of para-hydroxylation sites is 2. The Balaban J connectivity index is 1.43. The van der Waals surface area contributed by atoms with Gasteiger partial charge in [-0.1, -0.05) is 29.8 Å². The van der Waals surface area contributed by atoms with Crippen molar-refractivity contribution in [1.29, 1.82) is 0 Å². The molecule has 31 heavy (non-hydrogen) atoms. The lowest BCUT2D eigenvalue weighted by molar-refractivity contribution is 0.0953. The predicted molar refractivity (Wildman–Crippen MR) is 121 cm³/mol. The summed E-state index contributed by atoms with van der Waals surface area (Å²) in [4.78, 5) is 21.1. The van der Waals surface area contributed by atoms with Crippen LogP contribution in [0, 0.1) is 13.8 Å². The molecule has 2 aromatic carbocycles. The van der Waals surface area contributed by atoms with Crippen molar-refractivity contribution in [2.24, 2.45) is 0 Å². The van der Waals surface area contributed by atoms with Gasteiger partial charge in [0.1, 0.15) is 18.2 Å². The molecule has 0 radical (unpaired) electrons. The lowest BCUT2D eigenvalue weighted by Crippen LogP contribution is -2.26. The third-order valence-corrected chi connectivity index (χ3v) is 5.19. The number of fused-ring (bicyclic) bond motifs is 1. The summed E-state index contributed by atoms with van der Waals surface area (Å²) in [5.41, 5.74) is 4.93. The van der Waals surface area contributed by atoms with Crippen molar-refractivity contribution >= 4 is 16.9 Å². The number of ether oxygens (including phenoxy) is 1. The van der Waals surface area contributed by atoms with E-state index in [-0.39, 0.29) is 5.91 Å². The molecule has 6 heteroatoms. The molecule has 4 aromatic rings. The molecule has 2 heterocycles. The van der Waals surface area contributed by atoms with Crippen LogP contribution in [-0.2, 0) is 13.0 Å². The number of carbonyl (C=O) groups is 1. The Morgan fingerprint density at radius 3 is 2.77 bits per heavy atom. The van der Waals surface area contributed by atoms with Gasteiger partial charge >= 0.3 is 0 Å². The lowest BCUT2D eigenvalue weighted by Gasteiger charge is -2.13. The Kier molecular flexibility index (Phi) is 6.26. The summed E-state index contributed by atoms with van der Waals surface area (Å²) in [7, 11) is 0. The van der Waals surface area contributed by atoms with Crippen LogP contribution in [0.4, 0.5) is 0 Å². The van der Waals surface area contributed by atoms with Crippen LogP contribution in [0.15, 0.2) is 67.0 Å². The Bertz CT molecular complexity index is 1180. The zero-order valence-corrected chi connectivity index (χ0v) is 17.8. The molecule has 0 unspecified atom stereocenters. The van der Waals surface area contributed by atoms with E-state index in [4.69, 9.17) is 9.72 Å². The maximum Gasteiger partial charge on any atom is 0.252 e. The normalized spacial score (nSPS) is 10.9. The van der Waals surface area contributed by atoms with E-state index in [1.807, 2.05) is 24.3 Å². The Hall–Kier alpha value is -3.67. The van der Waals surface area contributed by atoms with Gasteiger partial charge in [0.15, 0.2) is 0 Å². The molecule has 4 rings (SSSR count). The quantitative estimate of drug-likeness (QED) is 0.471. The van der Waals surface area contributed by atoms with Crippen LogP contribution < -0.4 is 10.1 Å². The molecule has 0 saturated carbocycles. The van der Waals surface area contributed by atoms with Crippen LogP contribution in [0.5, 0.6) is 5.75 Å². The maximum absolute atomic E-state index is 12.3. The zero-order valence-electron chi connectivity index (χ0n) is 17.8. The number of pyridine rings is 1. The second-order valence-electron chi connectivity index (χ2n) is 7.53. The van der Waals surface area contributed by atoms with E-state index < -0.39 is 0 Å². The zero-order chi connectivity index (χ0) is 21.6. The van der Waals surface area contributed by atoms with Crippen molar-refractivity contribution in [3.63, 3.8) is 0 Å². The molecule has 2 aromatic heterocycles. The second-order valence-corrected chi connectivity index (χ2v) is 7.53. The number of benzene rings is 2. The number of rotatable bonds is 8. The summed E-state index contributed by atoms with van der Waals surface area (Å²) in [6.45, 7) is 5.85. The highest BCUT2D eigenvalue weighted by Crippen LogP contribution is 2.20. The monoisotopic (exact) mass is 414 g/mol. The summed E-state index contributed by atoms with van der Waals surface area (Å²) < 4.78 is 8.22. The van der Waals surface area contributed by atoms with Crippen LogP contribution in [0.25, 0.3) is 11.0 Å². The molecule has 0 aliphatic heterocycles. The molecule has 6 nitrogen and oxygen atoms in total. The van der Waals surface area contributed by atoms with Gasteiger partial charge in [-0.2, -0.15) is 0 Å². The first kappa shape index (κ1) is 20.6. The first-order chi connectivity index (χ1) is 15.1. The van der Waals surface area contributed by atoms with Gasteiger partial charge < -0.3 is 14.6 Å². The number of amides is 1. The van der Waals surface area contributed by atoms with Crippen molar-refractivity contribution in [2.45, 2.75) is 26.8 Å². The van der Waals surface area contributed by atoms with E-state index in [1.165, 1.54) is 5.56 Å². The first-order valence-electron chi connectivity index (χ1n) is 10.4. The van der Waals surface area contributed by atoms with Crippen LogP contribution in [0.1, 0.15) is 27.3 Å². The highest BCUT2D eigenvalue weighted by molar-refractivity contribution is 5.93. The average molecular weight is 415 g/mol. The number of hydrogen-bond donors (Lipinski definition) is 1. The smallest absolute Gasteiger partial charge is 0.252 e. The van der Waals surface area contributed by atoms with Gasteiger partial charge in [0.25, 0.3) is 5.91 Å². The average Bonchev–Trinajstić information content (AvgIpc) is 3.13. The highest BCUT2D eigenvalue weighted by Gasteiger charge is 2.12. The molecule has 0 aliphatic carbocycles. The number of aromatic nitrogens is 3. The molecule has 0 spiro atoms. The van der Waals surface area contributed by atoms with Crippen LogP contribution in [0.3, 0.4) is 0 Å². The molecular formula is C25H26N4O2.